The van der Waals surface area contributed by atoms with Crippen LogP contribution in [0.4, 0.5) is 0 Å². The molecule has 112 valence electrons. The first kappa shape index (κ1) is 16.1. The van der Waals surface area contributed by atoms with Crippen molar-refractivity contribution in [2.45, 2.75) is 56.4 Å². The van der Waals surface area contributed by atoms with Gasteiger partial charge in [-0.05, 0) is 68.0 Å². The molecule has 1 nitrogen and oxygen atoms in total. The van der Waals surface area contributed by atoms with Crippen LogP contribution in [-0.4, -0.2) is 6.04 Å². The number of nitrogens with two attached hydrogens (primary N) is 1. The van der Waals surface area contributed by atoms with Gasteiger partial charge in [0.05, 0.1) is 0 Å². The molecule has 1 atom stereocenters. The van der Waals surface area contributed by atoms with Crippen LogP contribution in [0.2, 0.25) is 0 Å². The van der Waals surface area contributed by atoms with E-state index < -0.39 is 0 Å². The van der Waals surface area contributed by atoms with Gasteiger partial charge >= 0.3 is 0 Å². The van der Waals surface area contributed by atoms with Crippen LogP contribution in [0.1, 0.15) is 35.6 Å². The predicted molar refractivity (Wildman–Crippen MR) is 93.2 cm³/mol. The fourth-order valence-electron chi connectivity index (χ4n) is 2.34. The zero-order valence-electron chi connectivity index (χ0n) is 13.4. The lowest BCUT2D eigenvalue weighted by Crippen LogP contribution is -2.21. The molecule has 2 aromatic carbocycles. The van der Waals surface area contributed by atoms with Crippen molar-refractivity contribution in [3.05, 3.63) is 58.7 Å². The van der Waals surface area contributed by atoms with Gasteiger partial charge in [-0.1, -0.05) is 43.0 Å². The Balaban J connectivity index is 2.19. The highest BCUT2D eigenvalue weighted by Gasteiger charge is 2.07. The van der Waals surface area contributed by atoms with Gasteiger partial charge in [-0.3, -0.25) is 0 Å². The SMILES string of the molecule is CCC(N)Cc1ccc(Sc2cc(C)ccc2C)c(C)c1. The molecule has 0 bridgehead atoms. The Bertz CT molecular complexity index is 619. The van der Waals surface area contributed by atoms with Gasteiger partial charge in [0.25, 0.3) is 0 Å². The summed E-state index contributed by atoms with van der Waals surface area (Å²) >= 11 is 1.86. The van der Waals surface area contributed by atoms with Gasteiger partial charge in [0.2, 0.25) is 0 Å². The molecule has 2 aromatic rings. The first-order chi connectivity index (χ1) is 9.99. The van der Waals surface area contributed by atoms with E-state index in [9.17, 15) is 0 Å². The topological polar surface area (TPSA) is 26.0 Å². The second kappa shape index (κ2) is 7.15. The van der Waals surface area contributed by atoms with Gasteiger partial charge in [0.15, 0.2) is 0 Å². The van der Waals surface area contributed by atoms with Crippen LogP contribution in [-0.2, 0) is 6.42 Å². The maximum atomic E-state index is 6.05. The van der Waals surface area contributed by atoms with Gasteiger partial charge in [0, 0.05) is 15.8 Å². The maximum absolute atomic E-state index is 6.05. The molecule has 2 N–H and O–H groups in total. The van der Waals surface area contributed by atoms with Crippen LogP contribution in [0.5, 0.6) is 0 Å². The summed E-state index contributed by atoms with van der Waals surface area (Å²) in [7, 11) is 0. The standard InChI is InChI=1S/C19H25NS/c1-5-17(20)12-16-8-9-18(15(4)11-16)21-19-10-13(2)6-7-14(19)3/h6-11,17H,5,12,20H2,1-4H3. The molecule has 1 unspecified atom stereocenters. The highest BCUT2D eigenvalue weighted by Crippen LogP contribution is 2.33. The van der Waals surface area contributed by atoms with E-state index in [1.807, 2.05) is 11.8 Å². The molecule has 0 fully saturated rings. The van der Waals surface area contributed by atoms with E-state index in [0.717, 1.165) is 12.8 Å². The van der Waals surface area contributed by atoms with Crippen LogP contribution < -0.4 is 5.73 Å². The summed E-state index contributed by atoms with van der Waals surface area (Å²) in [6.07, 6.45) is 1.99. The molecule has 0 aliphatic rings. The lowest BCUT2D eigenvalue weighted by molar-refractivity contribution is 0.646. The second-order valence-electron chi connectivity index (χ2n) is 5.84. The molecule has 0 saturated heterocycles. The van der Waals surface area contributed by atoms with Crippen LogP contribution in [0, 0.1) is 20.8 Å². The number of benzene rings is 2. The van der Waals surface area contributed by atoms with E-state index >= 15 is 0 Å². The van der Waals surface area contributed by atoms with Gasteiger partial charge in [-0.25, -0.2) is 0 Å². The second-order valence-corrected chi connectivity index (χ2v) is 6.93. The number of aryl methyl sites for hydroxylation is 3. The lowest BCUT2D eigenvalue weighted by Gasteiger charge is -2.13. The van der Waals surface area contributed by atoms with Crippen LogP contribution >= 0.6 is 11.8 Å². The molecule has 0 radical (unpaired) electrons. The van der Waals surface area contributed by atoms with E-state index in [1.54, 1.807) is 0 Å². The quantitative estimate of drug-likeness (QED) is 0.836. The van der Waals surface area contributed by atoms with Gasteiger partial charge in [0.1, 0.15) is 0 Å². The van der Waals surface area contributed by atoms with Gasteiger partial charge in [-0.2, -0.15) is 0 Å². The minimum atomic E-state index is 0.266. The number of hydrogen-bond acceptors (Lipinski definition) is 2. The summed E-state index contributed by atoms with van der Waals surface area (Å²) in [6, 6.07) is 13.6. The van der Waals surface area contributed by atoms with Crippen molar-refractivity contribution in [3.8, 4) is 0 Å². The smallest absolute Gasteiger partial charge is 0.0154 e. The summed E-state index contributed by atoms with van der Waals surface area (Å²) < 4.78 is 0. The third-order valence-corrected chi connectivity index (χ3v) is 5.16. The Morgan fingerprint density at radius 2 is 1.71 bits per heavy atom. The average molecular weight is 299 g/mol. The molecule has 0 heterocycles. The Hall–Kier alpha value is -1.25. The van der Waals surface area contributed by atoms with Crippen molar-refractivity contribution in [2.75, 3.05) is 0 Å². The van der Waals surface area contributed by atoms with E-state index in [4.69, 9.17) is 5.73 Å². The minimum Gasteiger partial charge on any atom is -0.327 e. The van der Waals surface area contributed by atoms with Crippen LogP contribution in [0.15, 0.2) is 46.2 Å². The third kappa shape index (κ3) is 4.36. The lowest BCUT2D eigenvalue weighted by atomic mass is 10.0. The van der Waals surface area contributed by atoms with Crippen molar-refractivity contribution in [2.24, 2.45) is 5.73 Å². The van der Waals surface area contributed by atoms with Crippen molar-refractivity contribution in [3.63, 3.8) is 0 Å². The summed E-state index contributed by atoms with van der Waals surface area (Å²) in [4.78, 5) is 2.67. The average Bonchev–Trinajstić information content (AvgIpc) is 2.45. The van der Waals surface area contributed by atoms with Crippen molar-refractivity contribution >= 4 is 11.8 Å². The first-order valence-electron chi connectivity index (χ1n) is 7.59. The van der Waals surface area contributed by atoms with E-state index in [-0.39, 0.29) is 6.04 Å². The molecule has 0 aliphatic carbocycles. The molecule has 0 aliphatic heterocycles. The molecule has 0 saturated carbocycles. The highest BCUT2D eigenvalue weighted by atomic mass is 32.2. The maximum Gasteiger partial charge on any atom is 0.0154 e. The number of hydrogen-bond donors (Lipinski definition) is 1. The van der Waals surface area contributed by atoms with E-state index in [2.05, 4.69) is 64.1 Å². The molecule has 0 spiro atoms. The largest absolute Gasteiger partial charge is 0.327 e. The zero-order valence-corrected chi connectivity index (χ0v) is 14.3. The van der Waals surface area contributed by atoms with Crippen LogP contribution in [0.25, 0.3) is 0 Å². The van der Waals surface area contributed by atoms with Gasteiger partial charge in [-0.15, -0.1) is 0 Å². The van der Waals surface area contributed by atoms with Crippen molar-refractivity contribution in [1.29, 1.82) is 0 Å². The Kier molecular flexibility index (Phi) is 5.49. The number of rotatable bonds is 5. The molecule has 0 amide bonds. The summed E-state index contributed by atoms with van der Waals surface area (Å²) in [5.74, 6) is 0. The van der Waals surface area contributed by atoms with Crippen LogP contribution in [0.3, 0.4) is 0 Å². The third-order valence-electron chi connectivity index (χ3n) is 3.83. The van der Waals surface area contributed by atoms with E-state index in [0.29, 0.717) is 0 Å². The molecular weight excluding hydrogens is 274 g/mol. The van der Waals surface area contributed by atoms with E-state index in [1.165, 1.54) is 32.0 Å². The summed E-state index contributed by atoms with van der Waals surface area (Å²) in [5.41, 5.74) is 11.4. The normalized spacial score (nSPS) is 12.4. The summed E-state index contributed by atoms with van der Waals surface area (Å²) in [6.45, 7) is 8.65. The fraction of sp³-hybridized carbons (Fsp3) is 0.368. The molecule has 0 aromatic heterocycles. The molecule has 21 heavy (non-hydrogen) atoms. The molecule has 2 heteroatoms. The monoisotopic (exact) mass is 299 g/mol. The Morgan fingerprint density at radius 3 is 2.38 bits per heavy atom. The predicted octanol–water partition coefficient (Wildman–Crippen LogP) is 5.04. The summed E-state index contributed by atoms with van der Waals surface area (Å²) in [5, 5.41) is 0. The highest BCUT2D eigenvalue weighted by molar-refractivity contribution is 7.99. The first-order valence-corrected chi connectivity index (χ1v) is 8.41. The van der Waals surface area contributed by atoms with Crippen molar-refractivity contribution < 1.29 is 0 Å². The van der Waals surface area contributed by atoms with Gasteiger partial charge < -0.3 is 5.73 Å². The molecular formula is C19H25NS. The van der Waals surface area contributed by atoms with Crippen molar-refractivity contribution in [1.82, 2.24) is 0 Å². The fourth-order valence-corrected chi connectivity index (χ4v) is 3.40. The zero-order chi connectivity index (χ0) is 15.4. The Morgan fingerprint density at radius 1 is 0.952 bits per heavy atom. The molecule has 2 rings (SSSR count). The Labute approximate surface area is 133 Å². The minimum absolute atomic E-state index is 0.266.